The Hall–Kier alpha value is -2.31. The van der Waals surface area contributed by atoms with Gasteiger partial charge in [-0.05, 0) is 54.2 Å². The molecule has 156 valence electrons. The van der Waals surface area contributed by atoms with Crippen LogP contribution in [-0.4, -0.2) is 44.4 Å². The molecule has 0 amide bonds. The fourth-order valence-corrected chi connectivity index (χ4v) is 5.10. The van der Waals surface area contributed by atoms with Gasteiger partial charge < -0.3 is 19.3 Å². The predicted molar refractivity (Wildman–Crippen MR) is 108 cm³/mol. The van der Waals surface area contributed by atoms with Crippen LogP contribution in [0.25, 0.3) is 0 Å². The fourth-order valence-electron chi connectivity index (χ4n) is 5.10. The van der Waals surface area contributed by atoms with Crippen LogP contribution in [-0.2, 0) is 12.1 Å². The van der Waals surface area contributed by atoms with E-state index < -0.39 is 5.60 Å². The van der Waals surface area contributed by atoms with E-state index in [-0.39, 0.29) is 11.7 Å². The van der Waals surface area contributed by atoms with Crippen LogP contribution in [0.1, 0.15) is 24.0 Å². The SMILES string of the molecule is COc1cc(CN2C[C@@H]3CC[C@@](O)(c4ccc(F)cc4)[C@H]3C2)cc(OC)c1OC. The van der Waals surface area contributed by atoms with Crippen molar-refractivity contribution in [1.82, 2.24) is 4.90 Å². The lowest BCUT2D eigenvalue weighted by molar-refractivity contribution is -0.00688. The average molecular weight is 401 g/mol. The summed E-state index contributed by atoms with van der Waals surface area (Å²) in [4.78, 5) is 2.36. The summed E-state index contributed by atoms with van der Waals surface area (Å²) >= 11 is 0. The van der Waals surface area contributed by atoms with Gasteiger partial charge >= 0.3 is 0 Å². The highest BCUT2D eigenvalue weighted by Gasteiger charge is 2.52. The molecule has 1 N–H and O–H groups in total. The summed E-state index contributed by atoms with van der Waals surface area (Å²) in [5.74, 6) is 2.18. The van der Waals surface area contributed by atoms with E-state index in [1.54, 1.807) is 33.5 Å². The van der Waals surface area contributed by atoms with Crippen molar-refractivity contribution >= 4 is 0 Å². The van der Waals surface area contributed by atoms with E-state index in [1.807, 2.05) is 12.1 Å². The maximum absolute atomic E-state index is 13.3. The monoisotopic (exact) mass is 401 g/mol. The van der Waals surface area contributed by atoms with Crippen LogP contribution in [0.3, 0.4) is 0 Å². The summed E-state index contributed by atoms with van der Waals surface area (Å²) in [5, 5.41) is 11.4. The summed E-state index contributed by atoms with van der Waals surface area (Å²) < 4.78 is 29.7. The van der Waals surface area contributed by atoms with Crippen molar-refractivity contribution in [3.05, 3.63) is 53.3 Å². The Balaban J connectivity index is 1.53. The number of nitrogens with zero attached hydrogens (tertiary/aromatic N) is 1. The van der Waals surface area contributed by atoms with E-state index in [9.17, 15) is 9.50 Å². The van der Waals surface area contributed by atoms with E-state index in [0.29, 0.717) is 23.2 Å². The van der Waals surface area contributed by atoms with E-state index in [0.717, 1.165) is 43.6 Å². The first kappa shape index (κ1) is 20.0. The molecule has 2 aromatic carbocycles. The third-order valence-electron chi connectivity index (χ3n) is 6.50. The van der Waals surface area contributed by atoms with Gasteiger partial charge in [0.2, 0.25) is 5.75 Å². The molecule has 1 saturated carbocycles. The number of ether oxygens (including phenoxy) is 3. The van der Waals surface area contributed by atoms with Crippen LogP contribution in [0.2, 0.25) is 0 Å². The Morgan fingerprint density at radius 3 is 2.28 bits per heavy atom. The normalized spacial score (nSPS) is 26.4. The number of hydrogen-bond acceptors (Lipinski definition) is 5. The van der Waals surface area contributed by atoms with Crippen molar-refractivity contribution in [2.45, 2.75) is 25.0 Å². The Labute approximate surface area is 171 Å². The molecule has 2 aliphatic rings. The van der Waals surface area contributed by atoms with Gasteiger partial charge in [0.25, 0.3) is 0 Å². The third kappa shape index (κ3) is 3.55. The Morgan fingerprint density at radius 2 is 1.69 bits per heavy atom. The molecule has 3 atom stereocenters. The molecule has 1 heterocycles. The average Bonchev–Trinajstić information content (AvgIpc) is 3.27. The van der Waals surface area contributed by atoms with Crippen molar-refractivity contribution in [1.29, 1.82) is 0 Å². The zero-order valence-corrected chi connectivity index (χ0v) is 17.2. The molecule has 5 nitrogen and oxygen atoms in total. The standard InChI is InChI=1S/C23H28FNO4/c1-27-20-10-15(11-21(28-2)22(20)29-3)12-25-13-16-8-9-23(26,19(16)14-25)17-4-6-18(24)7-5-17/h4-7,10-11,16,19,26H,8-9,12-14H2,1-3H3/t16-,19-,23+/m0/s1. The van der Waals surface area contributed by atoms with Crippen LogP contribution in [0.4, 0.5) is 4.39 Å². The highest BCUT2D eigenvalue weighted by atomic mass is 19.1. The van der Waals surface area contributed by atoms with Gasteiger partial charge in [0, 0.05) is 25.6 Å². The van der Waals surface area contributed by atoms with Crippen LogP contribution in [0, 0.1) is 17.7 Å². The van der Waals surface area contributed by atoms with Gasteiger partial charge in [0.05, 0.1) is 26.9 Å². The number of rotatable bonds is 6. The van der Waals surface area contributed by atoms with Gasteiger partial charge in [-0.3, -0.25) is 4.90 Å². The second-order valence-corrected chi connectivity index (χ2v) is 8.06. The number of halogens is 1. The van der Waals surface area contributed by atoms with Gasteiger partial charge in [0.15, 0.2) is 11.5 Å². The predicted octanol–water partition coefficient (Wildman–Crippen LogP) is 3.58. The maximum atomic E-state index is 13.3. The number of methoxy groups -OCH3 is 3. The lowest BCUT2D eigenvalue weighted by Crippen LogP contribution is -2.34. The maximum Gasteiger partial charge on any atom is 0.203 e. The molecule has 1 saturated heterocycles. The van der Waals surface area contributed by atoms with Gasteiger partial charge in [-0.2, -0.15) is 0 Å². The minimum Gasteiger partial charge on any atom is -0.493 e. The summed E-state index contributed by atoms with van der Waals surface area (Å²) in [5.41, 5.74) is 1.01. The molecule has 0 aromatic heterocycles. The molecular weight excluding hydrogens is 373 g/mol. The first-order valence-corrected chi connectivity index (χ1v) is 9.98. The molecule has 2 aromatic rings. The van der Waals surface area contributed by atoms with Crippen molar-refractivity contribution in [2.24, 2.45) is 11.8 Å². The quantitative estimate of drug-likeness (QED) is 0.802. The van der Waals surface area contributed by atoms with Crippen LogP contribution >= 0.6 is 0 Å². The topological polar surface area (TPSA) is 51.2 Å². The van der Waals surface area contributed by atoms with Crippen molar-refractivity contribution < 1.29 is 23.7 Å². The Morgan fingerprint density at radius 1 is 1.03 bits per heavy atom. The van der Waals surface area contributed by atoms with Gasteiger partial charge in [-0.1, -0.05) is 12.1 Å². The summed E-state index contributed by atoms with van der Waals surface area (Å²) in [6, 6.07) is 10.3. The third-order valence-corrected chi connectivity index (χ3v) is 6.50. The number of benzene rings is 2. The van der Waals surface area contributed by atoms with E-state index >= 15 is 0 Å². The molecule has 0 radical (unpaired) electrons. The van der Waals surface area contributed by atoms with Crippen molar-refractivity contribution in [3.63, 3.8) is 0 Å². The molecule has 1 aliphatic heterocycles. The highest BCUT2D eigenvalue weighted by Crippen LogP contribution is 2.51. The lowest BCUT2D eigenvalue weighted by Gasteiger charge is -2.31. The summed E-state index contributed by atoms with van der Waals surface area (Å²) in [6.45, 7) is 2.48. The van der Waals surface area contributed by atoms with Gasteiger partial charge in [0.1, 0.15) is 5.82 Å². The number of hydrogen-bond donors (Lipinski definition) is 1. The smallest absolute Gasteiger partial charge is 0.203 e. The summed E-state index contributed by atoms with van der Waals surface area (Å²) in [6.07, 6.45) is 1.70. The molecule has 0 spiro atoms. The molecule has 2 fully saturated rings. The van der Waals surface area contributed by atoms with Crippen LogP contribution in [0.15, 0.2) is 36.4 Å². The zero-order chi connectivity index (χ0) is 20.6. The minimum absolute atomic E-state index is 0.148. The Bertz CT molecular complexity index is 847. The van der Waals surface area contributed by atoms with E-state index in [1.165, 1.54) is 12.1 Å². The van der Waals surface area contributed by atoms with Crippen LogP contribution < -0.4 is 14.2 Å². The summed E-state index contributed by atoms with van der Waals surface area (Å²) in [7, 11) is 4.83. The second-order valence-electron chi connectivity index (χ2n) is 8.06. The first-order valence-electron chi connectivity index (χ1n) is 9.98. The second kappa shape index (κ2) is 7.84. The lowest BCUT2D eigenvalue weighted by atomic mass is 9.82. The largest absolute Gasteiger partial charge is 0.493 e. The molecule has 6 heteroatoms. The van der Waals surface area contributed by atoms with Crippen molar-refractivity contribution in [3.8, 4) is 17.2 Å². The number of fused-ring (bicyclic) bond motifs is 1. The molecule has 29 heavy (non-hydrogen) atoms. The first-order chi connectivity index (χ1) is 14.0. The molecule has 1 aliphatic carbocycles. The van der Waals surface area contributed by atoms with Crippen LogP contribution in [0.5, 0.6) is 17.2 Å². The van der Waals surface area contributed by atoms with E-state index in [4.69, 9.17) is 14.2 Å². The molecular formula is C23H28FNO4. The minimum atomic E-state index is -0.887. The van der Waals surface area contributed by atoms with E-state index in [2.05, 4.69) is 4.90 Å². The molecule has 0 bridgehead atoms. The zero-order valence-electron chi connectivity index (χ0n) is 17.2. The fraction of sp³-hybridized carbons (Fsp3) is 0.478. The number of aliphatic hydroxyl groups is 1. The van der Waals surface area contributed by atoms with Gasteiger partial charge in [-0.15, -0.1) is 0 Å². The number of likely N-dealkylation sites (tertiary alicyclic amines) is 1. The molecule has 4 rings (SSSR count). The Kier molecular flexibility index (Phi) is 5.40. The van der Waals surface area contributed by atoms with Crippen molar-refractivity contribution in [2.75, 3.05) is 34.4 Å². The highest BCUT2D eigenvalue weighted by molar-refractivity contribution is 5.53. The van der Waals surface area contributed by atoms with Gasteiger partial charge in [-0.25, -0.2) is 4.39 Å². The molecule has 0 unspecified atom stereocenters.